The van der Waals surface area contributed by atoms with Gasteiger partial charge in [-0.2, -0.15) is 0 Å². The summed E-state index contributed by atoms with van der Waals surface area (Å²) in [6.07, 6.45) is 5.18. The minimum atomic E-state index is -0.164. The molecule has 0 atom stereocenters. The first-order chi connectivity index (χ1) is 10.2. The van der Waals surface area contributed by atoms with Crippen molar-refractivity contribution in [1.82, 2.24) is 20.0 Å². The molecule has 2 heterocycles. The van der Waals surface area contributed by atoms with Crippen LogP contribution in [0.3, 0.4) is 0 Å². The predicted octanol–water partition coefficient (Wildman–Crippen LogP) is 1.88. The van der Waals surface area contributed by atoms with Crippen LogP contribution in [0.15, 0.2) is 48.9 Å². The van der Waals surface area contributed by atoms with E-state index in [4.69, 9.17) is 0 Å². The normalized spacial score (nSPS) is 10.5. The lowest BCUT2D eigenvalue weighted by atomic mass is 10.2. The van der Waals surface area contributed by atoms with Crippen molar-refractivity contribution in [3.8, 4) is 0 Å². The lowest BCUT2D eigenvalue weighted by Crippen LogP contribution is -2.33. The summed E-state index contributed by atoms with van der Waals surface area (Å²) >= 11 is 0. The molecule has 106 valence electrons. The number of nitrogens with zero attached hydrogens (tertiary/aromatic N) is 3. The number of fused-ring (bicyclic) bond motifs is 1. The van der Waals surface area contributed by atoms with Gasteiger partial charge in [-0.05, 0) is 24.6 Å². The smallest absolute Gasteiger partial charge is 0.258 e. The maximum absolute atomic E-state index is 12.0. The molecular formula is C15H15N5O. The monoisotopic (exact) mass is 281 g/mol. The van der Waals surface area contributed by atoms with E-state index in [0.29, 0.717) is 5.95 Å². The van der Waals surface area contributed by atoms with E-state index in [1.807, 2.05) is 35.9 Å². The van der Waals surface area contributed by atoms with Gasteiger partial charge in [-0.25, -0.2) is 9.97 Å². The van der Waals surface area contributed by atoms with Crippen LogP contribution < -0.4 is 10.9 Å². The van der Waals surface area contributed by atoms with Gasteiger partial charge in [0.15, 0.2) is 0 Å². The zero-order valence-electron chi connectivity index (χ0n) is 11.6. The number of anilines is 1. The van der Waals surface area contributed by atoms with Crippen molar-refractivity contribution in [2.24, 2.45) is 0 Å². The van der Waals surface area contributed by atoms with Gasteiger partial charge in [-0.15, -0.1) is 0 Å². The molecule has 0 saturated heterocycles. The van der Waals surface area contributed by atoms with Crippen LogP contribution in [0.2, 0.25) is 0 Å². The third kappa shape index (κ3) is 2.84. The standard InChI is InChI=1S/C15H15N5O/c1-11-9-20(13-6-3-2-5-12(11)13)10-14(21)18-19-15-16-7-4-8-17-15/h2-9H,10H2,1H3,(H,18,21)(H,16,17,19). The second-order valence-corrected chi connectivity index (χ2v) is 4.70. The first-order valence-corrected chi connectivity index (χ1v) is 6.60. The molecule has 0 unspecified atom stereocenters. The highest BCUT2D eigenvalue weighted by Crippen LogP contribution is 2.19. The maximum Gasteiger partial charge on any atom is 0.258 e. The summed E-state index contributed by atoms with van der Waals surface area (Å²) in [5, 5.41) is 1.16. The van der Waals surface area contributed by atoms with Gasteiger partial charge < -0.3 is 4.57 Å². The molecule has 6 nitrogen and oxygen atoms in total. The summed E-state index contributed by atoms with van der Waals surface area (Å²) < 4.78 is 1.92. The Bertz CT molecular complexity index is 766. The van der Waals surface area contributed by atoms with Crippen molar-refractivity contribution in [3.63, 3.8) is 0 Å². The van der Waals surface area contributed by atoms with Gasteiger partial charge >= 0.3 is 0 Å². The Morgan fingerprint density at radius 1 is 1.19 bits per heavy atom. The zero-order valence-corrected chi connectivity index (χ0v) is 11.6. The SMILES string of the molecule is Cc1cn(CC(=O)NNc2ncccn2)c2ccccc12. The molecular weight excluding hydrogens is 266 g/mol. The lowest BCUT2D eigenvalue weighted by Gasteiger charge is -2.08. The quantitative estimate of drug-likeness (QED) is 0.716. The van der Waals surface area contributed by atoms with Crippen LogP contribution in [0, 0.1) is 6.92 Å². The second kappa shape index (κ2) is 5.62. The second-order valence-electron chi connectivity index (χ2n) is 4.70. The number of hydrogen-bond acceptors (Lipinski definition) is 4. The largest absolute Gasteiger partial charge is 0.338 e. The van der Waals surface area contributed by atoms with E-state index >= 15 is 0 Å². The summed E-state index contributed by atoms with van der Waals surface area (Å²) in [6, 6.07) is 9.72. The number of para-hydroxylation sites is 1. The van der Waals surface area contributed by atoms with Gasteiger partial charge in [-0.1, -0.05) is 18.2 Å². The first-order valence-electron chi connectivity index (χ1n) is 6.60. The number of hydrazine groups is 1. The summed E-state index contributed by atoms with van der Waals surface area (Å²) in [7, 11) is 0. The number of nitrogens with one attached hydrogen (secondary N) is 2. The molecule has 0 radical (unpaired) electrons. The van der Waals surface area contributed by atoms with E-state index < -0.39 is 0 Å². The number of carbonyl (C=O) groups excluding carboxylic acids is 1. The van der Waals surface area contributed by atoms with Crippen LogP contribution in [-0.4, -0.2) is 20.4 Å². The number of rotatable bonds is 4. The van der Waals surface area contributed by atoms with Gasteiger partial charge in [0.25, 0.3) is 5.91 Å². The van der Waals surface area contributed by atoms with Crippen molar-refractivity contribution < 1.29 is 4.79 Å². The number of hydrogen-bond donors (Lipinski definition) is 2. The highest BCUT2D eigenvalue weighted by atomic mass is 16.2. The van der Waals surface area contributed by atoms with Crippen LogP contribution in [0.5, 0.6) is 0 Å². The molecule has 2 aromatic heterocycles. The summed E-state index contributed by atoms with van der Waals surface area (Å²) in [4.78, 5) is 19.9. The first kappa shape index (κ1) is 13.1. The molecule has 6 heteroatoms. The van der Waals surface area contributed by atoms with Crippen molar-refractivity contribution in [1.29, 1.82) is 0 Å². The van der Waals surface area contributed by atoms with E-state index in [1.54, 1.807) is 18.5 Å². The average Bonchev–Trinajstić information content (AvgIpc) is 2.83. The fourth-order valence-electron chi connectivity index (χ4n) is 2.24. The van der Waals surface area contributed by atoms with Gasteiger partial charge in [0.1, 0.15) is 6.54 Å². The Hall–Kier alpha value is -2.89. The molecule has 0 fully saturated rings. The number of amides is 1. The van der Waals surface area contributed by atoms with Crippen molar-refractivity contribution in [2.45, 2.75) is 13.5 Å². The van der Waals surface area contributed by atoms with Crippen LogP contribution in [0.1, 0.15) is 5.56 Å². The van der Waals surface area contributed by atoms with Crippen molar-refractivity contribution in [3.05, 3.63) is 54.5 Å². The van der Waals surface area contributed by atoms with E-state index in [9.17, 15) is 4.79 Å². The molecule has 3 rings (SSSR count). The van der Waals surface area contributed by atoms with Crippen LogP contribution in [-0.2, 0) is 11.3 Å². The van der Waals surface area contributed by atoms with Crippen molar-refractivity contribution >= 4 is 22.8 Å². The molecule has 0 aliphatic heterocycles. The van der Waals surface area contributed by atoms with Crippen LogP contribution in [0.25, 0.3) is 10.9 Å². The Balaban J connectivity index is 1.69. The summed E-state index contributed by atoms with van der Waals surface area (Å²) in [5.41, 5.74) is 7.46. The highest BCUT2D eigenvalue weighted by Gasteiger charge is 2.08. The third-order valence-corrected chi connectivity index (χ3v) is 3.18. The van der Waals surface area contributed by atoms with E-state index in [1.165, 1.54) is 0 Å². The summed E-state index contributed by atoms with van der Waals surface area (Å²) in [5.74, 6) is 0.197. The molecule has 0 saturated carbocycles. The molecule has 1 aromatic carbocycles. The molecule has 0 aliphatic carbocycles. The zero-order chi connectivity index (χ0) is 14.7. The van der Waals surface area contributed by atoms with Gasteiger partial charge in [0.2, 0.25) is 5.95 Å². The molecule has 1 amide bonds. The molecule has 2 N–H and O–H groups in total. The number of benzene rings is 1. The molecule has 21 heavy (non-hydrogen) atoms. The molecule has 0 aliphatic rings. The Kier molecular flexibility index (Phi) is 3.51. The van der Waals surface area contributed by atoms with Gasteiger partial charge in [0.05, 0.1) is 0 Å². The van der Waals surface area contributed by atoms with E-state index in [-0.39, 0.29) is 12.5 Å². The predicted molar refractivity (Wildman–Crippen MR) is 80.5 cm³/mol. The minimum Gasteiger partial charge on any atom is -0.338 e. The molecule has 3 aromatic rings. The Morgan fingerprint density at radius 2 is 1.95 bits per heavy atom. The maximum atomic E-state index is 12.0. The van der Waals surface area contributed by atoms with Crippen LogP contribution >= 0.6 is 0 Å². The number of aromatic nitrogens is 3. The molecule has 0 bridgehead atoms. The third-order valence-electron chi connectivity index (χ3n) is 3.18. The van der Waals surface area contributed by atoms with E-state index in [0.717, 1.165) is 16.5 Å². The lowest BCUT2D eigenvalue weighted by molar-refractivity contribution is -0.121. The topological polar surface area (TPSA) is 71.8 Å². The average molecular weight is 281 g/mol. The fraction of sp³-hybridized carbons (Fsp3) is 0.133. The number of carbonyl (C=O) groups is 1. The van der Waals surface area contributed by atoms with Crippen molar-refractivity contribution in [2.75, 3.05) is 5.43 Å². The highest BCUT2D eigenvalue weighted by molar-refractivity contribution is 5.86. The summed E-state index contributed by atoms with van der Waals surface area (Å²) in [6.45, 7) is 2.26. The minimum absolute atomic E-state index is 0.164. The Labute approximate surface area is 121 Å². The van der Waals surface area contributed by atoms with Gasteiger partial charge in [0, 0.05) is 29.5 Å². The van der Waals surface area contributed by atoms with Gasteiger partial charge in [-0.3, -0.25) is 15.6 Å². The Morgan fingerprint density at radius 3 is 2.76 bits per heavy atom. The molecule has 0 spiro atoms. The number of aryl methyl sites for hydroxylation is 1. The van der Waals surface area contributed by atoms with E-state index in [2.05, 4.69) is 26.9 Å². The van der Waals surface area contributed by atoms with Crippen LogP contribution in [0.4, 0.5) is 5.95 Å². The fourth-order valence-corrected chi connectivity index (χ4v) is 2.24.